The van der Waals surface area contributed by atoms with Crippen molar-refractivity contribution in [2.24, 2.45) is 0 Å². The van der Waals surface area contributed by atoms with Crippen LogP contribution in [0.15, 0.2) is 24.3 Å². The Morgan fingerprint density at radius 3 is 2.71 bits per heavy atom. The lowest BCUT2D eigenvalue weighted by Gasteiger charge is -2.22. The Balaban J connectivity index is 0.00000200. The molecular weight excluding hydrogens is 264 g/mol. The fourth-order valence-corrected chi connectivity index (χ4v) is 2.43. The third kappa shape index (κ3) is 5.76. The van der Waals surface area contributed by atoms with Gasteiger partial charge in [-0.2, -0.15) is 0 Å². The predicted octanol–water partition coefficient (Wildman–Crippen LogP) is 2.61. The van der Waals surface area contributed by atoms with Crippen LogP contribution in [-0.4, -0.2) is 32.1 Å². The number of hydrogen-bond acceptors (Lipinski definition) is 3. The van der Waals surface area contributed by atoms with E-state index in [0.717, 1.165) is 32.4 Å². The van der Waals surface area contributed by atoms with Crippen molar-refractivity contribution in [2.45, 2.75) is 31.7 Å². The number of carbonyl (C=O) groups excluding carboxylic acids is 1. The molecule has 1 unspecified atom stereocenters. The lowest BCUT2D eigenvalue weighted by Crippen LogP contribution is -2.38. The molecular formula is C17H26N2O2. The summed E-state index contributed by atoms with van der Waals surface area (Å²) in [6.07, 6.45) is 4.38. The second kappa shape index (κ2) is 10.2. The topological polar surface area (TPSA) is 50.4 Å². The zero-order valence-corrected chi connectivity index (χ0v) is 12.9. The number of rotatable bonds is 3. The van der Waals surface area contributed by atoms with Crippen LogP contribution < -0.4 is 15.4 Å². The Morgan fingerprint density at radius 1 is 1.19 bits per heavy atom. The Morgan fingerprint density at radius 2 is 1.95 bits per heavy atom. The smallest absolute Gasteiger partial charge is 0.255 e. The molecule has 21 heavy (non-hydrogen) atoms. The molecule has 0 spiro atoms. The molecule has 4 heteroatoms. The summed E-state index contributed by atoms with van der Waals surface area (Å²) in [7, 11) is 1.59. The van der Waals surface area contributed by atoms with E-state index in [0.29, 0.717) is 11.3 Å². The van der Waals surface area contributed by atoms with Gasteiger partial charge in [0, 0.05) is 6.04 Å². The third-order valence-corrected chi connectivity index (χ3v) is 3.51. The van der Waals surface area contributed by atoms with Crippen LogP contribution in [-0.2, 0) is 0 Å². The van der Waals surface area contributed by atoms with E-state index in [9.17, 15) is 4.79 Å². The van der Waals surface area contributed by atoms with Gasteiger partial charge in [-0.1, -0.05) is 33.4 Å². The first kappa shape index (κ1) is 19.4. The maximum Gasteiger partial charge on any atom is 0.255 e. The van der Waals surface area contributed by atoms with Crippen LogP contribution in [0, 0.1) is 14.9 Å². The van der Waals surface area contributed by atoms with Gasteiger partial charge >= 0.3 is 0 Å². The van der Waals surface area contributed by atoms with Crippen molar-refractivity contribution < 1.29 is 9.53 Å². The number of hydrogen-bond donors (Lipinski definition) is 2. The summed E-state index contributed by atoms with van der Waals surface area (Å²) in [5.41, 5.74) is 0.611. The molecule has 1 heterocycles. The van der Waals surface area contributed by atoms with E-state index in [2.05, 4.69) is 10.6 Å². The van der Waals surface area contributed by atoms with Crippen LogP contribution in [0.4, 0.5) is 0 Å². The molecule has 116 valence electrons. The largest absolute Gasteiger partial charge is 0.496 e. The molecule has 2 rings (SSSR count). The van der Waals surface area contributed by atoms with Crippen molar-refractivity contribution in [3.05, 3.63) is 44.7 Å². The molecule has 1 saturated heterocycles. The summed E-state index contributed by atoms with van der Waals surface area (Å²) in [5, 5.41) is 6.50. The molecule has 0 saturated carbocycles. The number of methoxy groups -OCH3 is 1. The van der Waals surface area contributed by atoms with Gasteiger partial charge in [0.2, 0.25) is 0 Å². The van der Waals surface area contributed by atoms with Crippen LogP contribution >= 0.6 is 0 Å². The Hall–Kier alpha value is -1.55. The molecule has 1 aromatic rings. The fraction of sp³-hybridized carbons (Fsp3) is 0.471. The highest BCUT2D eigenvalue weighted by Gasteiger charge is 2.17. The molecule has 4 radical (unpaired) electrons. The summed E-state index contributed by atoms with van der Waals surface area (Å²) in [5.74, 6) is 0.590. The van der Waals surface area contributed by atoms with Crippen LogP contribution in [0.25, 0.3) is 0 Å². The van der Waals surface area contributed by atoms with E-state index in [1.165, 1.54) is 6.42 Å². The van der Waals surface area contributed by atoms with Crippen LogP contribution in [0.5, 0.6) is 5.75 Å². The van der Waals surface area contributed by atoms with Crippen molar-refractivity contribution >= 4 is 5.91 Å². The number of para-hydroxylation sites is 1. The van der Waals surface area contributed by atoms with Gasteiger partial charge < -0.3 is 15.4 Å². The van der Waals surface area contributed by atoms with Gasteiger partial charge in [0.25, 0.3) is 5.91 Å². The van der Waals surface area contributed by atoms with E-state index in [4.69, 9.17) is 4.74 Å². The number of nitrogens with one attached hydrogen (secondary N) is 2. The molecule has 1 atom stereocenters. The first-order valence-electron chi connectivity index (χ1n) is 6.96. The standard InChI is InChI=1S/C15H22N2O2.2CH2/c1-19-14-8-3-2-7-13(14)15(18)17-12-6-4-5-10-16-11-9-12;;/h2-3,7-8,12,16H,4-6,9-11H2,1H3,(H,17,18);2*1H2. The summed E-state index contributed by atoms with van der Waals surface area (Å²) in [6.45, 7) is 2.06. The molecule has 0 bridgehead atoms. The molecule has 1 fully saturated rings. The zero-order chi connectivity index (χ0) is 13.5. The maximum atomic E-state index is 12.3. The van der Waals surface area contributed by atoms with E-state index in [1.54, 1.807) is 13.2 Å². The number of amides is 1. The quantitative estimate of drug-likeness (QED) is 0.899. The molecule has 1 aromatic carbocycles. The average molecular weight is 290 g/mol. The molecule has 1 amide bonds. The number of benzene rings is 1. The SMILES string of the molecule is COc1ccccc1C(=O)NC1CCCCNCC1.[CH2].[CH2]. The number of ether oxygens (including phenoxy) is 1. The van der Waals surface area contributed by atoms with Crippen molar-refractivity contribution in [3.63, 3.8) is 0 Å². The zero-order valence-electron chi connectivity index (χ0n) is 12.9. The Labute approximate surface area is 129 Å². The van der Waals surface area contributed by atoms with Crippen molar-refractivity contribution in [3.8, 4) is 5.75 Å². The van der Waals surface area contributed by atoms with Crippen molar-refractivity contribution in [1.29, 1.82) is 0 Å². The van der Waals surface area contributed by atoms with Gasteiger partial charge in [0.1, 0.15) is 5.75 Å². The second-order valence-electron chi connectivity index (χ2n) is 4.91. The Kier molecular flexibility index (Phi) is 9.46. The minimum Gasteiger partial charge on any atom is -0.496 e. The average Bonchev–Trinajstić information content (AvgIpc) is 2.41. The summed E-state index contributed by atoms with van der Waals surface area (Å²) >= 11 is 0. The molecule has 2 N–H and O–H groups in total. The van der Waals surface area contributed by atoms with Gasteiger partial charge in [-0.15, -0.1) is 0 Å². The van der Waals surface area contributed by atoms with Crippen molar-refractivity contribution in [2.75, 3.05) is 20.2 Å². The van der Waals surface area contributed by atoms with Gasteiger partial charge in [0.15, 0.2) is 0 Å². The monoisotopic (exact) mass is 290 g/mol. The maximum absolute atomic E-state index is 12.3. The highest BCUT2D eigenvalue weighted by molar-refractivity contribution is 5.97. The lowest BCUT2D eigenvalue weighted by molar-refractivity contribution is 0.0928. The summed E-state index contributed by atoms with van der Waals surface area (Å²) in [4.78, 5) is 12.3. The highest BCUT2D eigenvalue weighted by atomic mass is 16.5. The fourth-order valence-electron chi connectivity index (χ4n) is 2.43. The van der Waals surface area contributed by atoms with Gasteiger partial charge in [-0.3, -0.25) is 4.79 Å². The summed E-state index contributed by atoms with van der Waals surface area (Å²) in [6, 6.07) is 7.60. The predicted molar refractivity (Wildman–Crippen MR) is 86.3 cm³/mol. The normalized spacial score (nSPS) is 18.2. The molecule has 1 aliphatic rings. The first-order valence-corrected chi connectivity index (χ1v) is 6.96. The molecule has 0 aromatic heterocycles. The van der Waals surface area contributed by atoms with E-state index in [-0.39, 0.29) is 26.8 Å². The molecule has 4 nitrogen and oxygen atoms in total. The van der Waals surface area contributed by atoms with Crippen LogP contribution in [0.3, 0.4) is 0 Å². The van der Waals surface area contributed by atoms with Crippen LogP contribution in [0.1, 0.15) is 36.0 Å². The third-order valence-electron chi connectivity index (χ3n) is 3.51. The van der Waals surface area contributed by atoms with Gasteiger partial charge in [0.05, 0.1) is 12.7 Å². The van der Waals surface area contributed by atoms with Crippen LogP contribution in [0.2, 0.25) is 0 Å². The molecule has 1 aliphatic heterocycles. The first-order chi connectivity index (χ1) is 9.31. The Bertz CT molecular complexity index is 413. The minimum atomic E-state index is -0.0389. The minimum absolute atomic E-state index is 0. The summed E-state index contributed by atoms with van der Waals surface area (Å²) < 4.78 is 5.23. The highest BCUT2D eigenvalue weighted by Crippen LogP contribution is 2.18. The van der Waals surface area contributed by atoms with Gasteiger partial charge in [-0.25, -0.2) is 0 Å². The van der Waals surface area contributed by atoms with Gasteiger partial charge in [-0.05, 0) is 44.5 Å². The number of carbonyl (C=O) groups is 1. The van der Waals surface area contributed by atoms with E-state index < -0.39 is 0 Å². The van der Waals surface area contributed by atoms with E-state index in [1.807, 2.05) is 18.2 Å². The molecule has 0 aliphatic carbocycles. The second-order valence-corrected chi connectivity index (χ2v) is 4.91. The van der Waals surface area contributed by atoms with E-state index >= 15 is 0 Å². The van der Waals surface area contributed by atoms with Crippen molar-refractivity contribution in [1.82, 2.24) is 10.6 Å². The lowest BCUT2D eigenvalue weighted by atomic mass is 10.0.